The molecule has 1 rings (SSSR count). The van der Waals surface area contributed by atoms with Crippen LogP contribution in [-0.4, -0.2) is 0 Å². The van der Waals surface area contributed by atoms with Gasteiger partial charge in [0.15, 0.2) is 0 Å². The van der Waals surface area contributed by atoms with E-state index in [0.29, 0.717) is 0 Å². The summed E-state index contributed by atoms with van der Waals surface area (Å²) in [7, 11) is 0. The smallest absolute Gasteiger partial charge is 0.0260 e. The summed E-state index contributed by atoms with van der Waals surface area (Å²) >= 11 is 0. The minimum atomic E-state index is 0. The fourth-order valence-electron chi connectivity index (χ4n) is 0.797. The average molecular weight is 160 g/mol. The van der Waals surface area contributed by atoms with Crippen LogP contribution < -0.4 is 0 Å². The molecule has 64 valence electrons. The molecule has 0 spiro atoms. The zero-order valence-electron chi connectivity index (χ0n) is 6.75. The Morgan fingerprint density at radius 2 is 1.92 bits per heavy atom. The summed E-state index contributed by atoms with van der Waals surface area (Å²) in [6.07, 6.45) is 9.85. The normalized spacial score (nSPS) is 6.92. The van der Waals surface area contributed by atoms with Gasteiger partial charge in [0, 0.05) is 0 Å². The molecular weight excluding hydrogens is 144 g/mol. The van der Waals surface area contributed by atoms with Crippen molar-refractivity contribution in [3.05, 3.63) is 42.0 Å². The van der Waals surface area contributed by atoms with Crippen LogP contribution in [0, 0.1) is 19.8 Å². The predicted molar refractivity (Wildman–Crippen MR) is 57.9 cm³/mol. The molecule has 12 heavy (non-hydrogen) atoms. The van der Waals surface area contributed by atoms with Crippen LogP contribution in [0.25, 0.3) is 6.08 Å². The van der Waals surface area contributed by atoms with Crippen molar-refractivity contribution in [3.63, 3.8) is 0 Å². The Labute approximate surface area is 75.9 Å². The van der Waals surface area contributed by atoms with Gasteiger partial charge in [-0.05, 0) is 12.5 Å². The van der Waals surface area contributed by atoms with Gasteiger partial charge in [0.05, 0.1) is 0 Å². The zero-order valence-corrected chi connectivity index (χ0v) is 6.75. The van der Waals surface area contributed by atoms with Gasteiger partial charge in [0.1, 0.15) is 0 Å². The molecule has 0 amide bonds. The van der Waals surface area contributed by atoms with Crippen molar-refractivity contribution in [3.8, 4) is 12.8 Å². The highest BCUT2D eigenvalue weighted by molar-refractivity contribution is 5.47. The maximum absolute atomic E-state index is 4.00. The van der Waals surface area contributed by atoms with Crippen molar-refractivity contribution < 1.29 is 0 Å². The molecule has 0 fully saturated rings. The number of rotatable bonds is 1. The first-order chi connectivity index (χ1) is 5.33. The van der Waals surface area contributed by atoms with Crippen molar-refractivity contribution in [1.29, 1.82) is 0 Å². The molecule has 0 heteroatoms. The lowest BCUT2D eigenvalue weighted by Gasteiger charge is -1.92. The van der Waals surface area contributed by atoms with Crippen LogP contribution in [0.15, 0.2) is 30.8 Å². The third-order valence-electron chi connectivity index (χ3n) is 1.28. The Hall–Kier alpha value is -1.48. The number of aryl methyl sites for hydroxylation is 1. The van der Waals surface area contributed by atoms with E-state index in [1.54, 1.807) is 0 Å². The quantitative estimate of drug-likeness (QED) is 0.551. The molecule has 0 saturated heterocycles. The van der Waals surface area contributed by atoms with Gasteiger partial charge < -0.3 is 0 Å². The minimum Gasteiger partial charge on any atom is -0.124 e. The molecule has 0 atom stereocenters. The first-order valence-corrected chi connectivity index (χ1v) is 3.35. The molecule has 0 aliphatic carbocycles. The van der Waals surface area contributed by atoms with Crippen LogP contribution in [-0.2, 0) is 0 Å². The number of terminal acetylenes is 1. The number of hydrogen-bond acceptors (Lipinski definition) is 0. The van der Waals surface area contributed by atoms with Gasteiger partial charge in [-0.3, -0.25) is 0 Å². The molecule has 0 aliphatic rings. The van der Waals surface area contributed by atoms with E-state index in [9.17, 15) is 0 Å². The monoisotopic (exact) mass is 160 g/mol. The summed E-state index contributed by atoms with van der Waals surface area (Å²) in [6.45, 7) is 5.75. The third-order valence-corrected chi connectivity index (χ3v) is 1.28. The van der Waals surface area contributed by atoms with E-state index in [1.807, 2.05) is 18.2 Å². The highest BCUT2D eigenvalue weighted by Gasteiger charge is 1.83. The molecule has 1 aromatic rings. The van der Waals surface area contributed by atoms with Gasteiger partial charge in [-0.2, -0.15) is 0 Å². The molecule has 0 saturated carbocycles. The van der Waals surface area contributed by atoms with Crippen molar-refractivity contribution >= 4 is 6.08 Å². The Kier molecular flexibility index (Phi) is 8.35. The lowest BCUT2D eigenvalue weighted by Crippen LogP contribution is -1.72. The molecule has 0 aromatic heterocycles. The van der Waals surface area contributed by atoms with Gasteiger partial charge in [-0.25, -0.2) is 0 Å². The molecule has 0 radical (unpaired) electrons. The van der Waals surface area contributed by atoms with Crippen LogP contribution >= 0.6 is 0 Å². The molecule has 0 heterocycles. The Balaban J connectivity index is 0. The van der Waals surface area contributed by atoms with E-state index in [-0.39, 0.29) is 7.43 Å². The van der Waals surface area contributed by atoms with Gasteiger partial charge in [0.25, 0.3) is 0 Å². The SMILES string of the molecule is C.C#C.C=Cc1cccc(C)c1. The summed E-state index contributed by atoms with van der Waals surface area (Å²) in [5.74, 6) is 0. The Morgan fingerprint density at radius 3 is 2.25 bits per heavy atom. The average Bonchev–Trinajstić information content (AvgIpc) is 2.08. The van der Waals surface area contributed by atoms with E-state index in [1.165, 1.54) is 11.1 Å². The van der Waals surface area contributed by atoms with Crippen LogP contribution in [0.1, 0.15) is 18.6 Å². The van der Waals surface area contributed by atoms with E-state index in [2.05, 4.69) is 38.5 Å². The molecule has 0 aliphatic heterocycles. The molecular formula is C12H16. The first-order valence-electron chi connectivity index (χ1n) is 3.35. The van der Waals surface area contributed by atoms with E-state index in [0.717, 1.165) is 0 Å². The van der Waals surface area contributed by atoms with Crippen molar-refractivity contribution in [2.24, 2.45) is 0 Å². The summed E-state index contributed by atoms with van der Waals surface area (Å²) in [4.78, 5) is 0. The van der Waals surface area contributed by atoms with Crippen LogP contribution in [0.5, 0.6) is 0 Å². The summed E-state index contributed by atoms with van der Waals surface area (Å²) in [6, 6.07) is 8.26. The lowest BCUT2D eigenvalue weighted by molar-refractivity contribution is 1.46. The molecule has 0 nitrogen and oxygen atoms in total. The van der Waals surface area contributed by atoms with E-state index in [4.69, 9.17) is 0 Å². The first kappa shape index (κ1) is 13.1. The minimum absolute atomic E-state index is 0. The second-order valence-electron chi connectivity index (χ2n) is 2.12. The molecule has 0 bridgehead atoms. The number of hydrogen-bond donors (Lipinski definition) is 0. The second kappa shape index (κ2) is 7.63. The van der Waals surface area contributed by atoms with Crippen molar-refractivity contribution in [2.45, 2.75) is 14.4 Å². The van der Waals surface area contributed by atoms with Gasteiger partial charge in [0.2, 0.25) is 0 Å². The highest BCUT2D eigenvalue weighted by Crippen LogP contribution is 2.03. The maximum Gasteiger partial charge on any atom is -0.0260 e. The molecule has 0 N–H and O–H groups in total. The van der Waals surface area contributed by atoms with Gasteiger partial charge in [-0.15, -0.1) is 12.8 Å². The predicted octanol–water partition coefficient (Wildman–Crippen LogP) is 3.52. The van der Waals surface area contributed by atoms with Crippen LogP contribution in [0.4, 0.5) is 0 Å². The number of benzene rings is 1. The van der Waals surface area contributed by atoms with E-state index >= 15 is 0 Å². The summed E-state index contributed by atoms with van der Waals surface area (Å²) in [5.41, 5.74) is 2.47. The van der Waals surface area contributed by atoms with E-state index < -0.39 is 0 Å². The van der Waals surface area contributed by atoms with Crippen LogP contribution in [0.3, 0.4) is 0 Å². The summed E-state index contributed by atoms with van der Waals surface area (Å²) in [5, 5.41) is 0. The maximum atomic E-state index is 4.00. The van der Waals surface area contributed by atoms with Crippen LogP contribution in [0.2, 0.25) is 0 Å². The lowest BCUT2D eigenvalue weighted by atomic mass is 10.1. The van der Waals surface area contributed by atoms with Gasteiger partial charge >= 0.3 is 0 Å². The fraction of sp³-hybridized carbons (Fsp3) is 0.167. The third kappa shape index (κ3) is 4.35. The van der Waals surface area contributed by atoms with Gasteiger partial charge in [-0.1, -0.05) is 49.9 Å². The Morgan fingerprint density at radius 1 is 1.33 bits per heavy atom. The standard InChI is InChI=1S/C9H10.C2H2.CH4/c1-3-9-6-4-5-8(2)7-9;1-2;/h3-7H,1H2,2H3;1-2H;1H4. The molecule has 0 unspecified atom stereocenters. The Bertz CT molecular complexity index is 243. The summed E-state index contributed by atoms with van der Waals surface area (Å²) < 4.78 is 0. The van der Waals surface area contributed by atoms with Crippen molar-refractivity contribution in [2.75, 3.05) is 0 Å². The molecule has 1 aromatic carbocycles. The largest absolute Gasteiger partial charge is 0.124 e. The zero-order chi connectivity index (χ0) is 8.69. The topological polar surface area (TPSA) is 0 Å². The fourth-order valence-corrected chi connectivity index (χ4v) is 0.797. The van der Waals surface area contributed by atoms with Crippen molar-refractivity contribution in [1.82, 2.24) is 0 Å². The second-order valence-corrected chi connectivity index (χ2v) is 2.12. The highest BCUT2D eigenvalue weighted by atomic mass is 13.9.